The smallest absolute Gasteiger partial charge is 0.302 e. The molecular weight excluding hydrogens is 1830 g/mol. The van der Waals surface area contributed by atoms with Crippen LogP contribution in [0.2, 0.25) is 0 Å². The van der Waals surface area contributed by atoms with Gasteiger partial charge in [0.15, 0.2) is 18.9 Å². The molecule has 0 bridgehead atoms. The molecule has 0 aliphatic carbocycles. The Balaban J connectivity index is 0.900. The van der Waals surface area contributed by atoms with E-state index in [1.807, 2.05) is 78.9 Å². The minimum atomic E-state index is -1.09. The van der Waals surface area contributed by atoms with Crippen molar-refractivity contribution in [1.29, 1.82) is 0 Å². The van der Waals surface area contributed by atoms with Crippen molar-refractivity contribution >= 4 is 64.5 Å². The number of rotatable bonds is 76. The number of ether oxygens (including phenoxy) is 15. The number of Topliss-reactive ketones (excluding diaryl/α,β-unsaturated/α-hetero) is 5. The van der Waals surface area contributed by atoms with Crippen LogP contribution in [0.3, 0.4) is 0 Å². The van der Waals surface area contributed by atoms with Crippen molar-refractivity contribution in [2.45, 2.75) is 363 Å². The molecule has 806 valence electrons. The Labute approximate surface area is 852 Å². The first-order valence-corrected chi connectivity index (χ1v) is 53.8. The molecule has 15 unspecified atom stereocenters. The molecule has 30 nitrogen and oxygen atoms in total. The summed E-state index contributed by atoms with van der Waals surface area (Å²) in [7, 11) is 3.26. The van der Waals surface area contributed by atoms with E-state index in [0.717, 1.165) is 55.2 Å². The molecule has 3 N–H and O–H groups in total. The van der Waals surface area contributed by atoms with Crippen LogP contribution < -0.4 is 20.1 Å². The Morgan fingerprint density at radius 1 is 0.357 bits per heavy atom. The third-order valence-corrected chi connectivity index (χ3v) is 29.8. The first-order chi connectivity index (χ1) is 68.8. The normalized spacial score (nSPS) is 23.2. The van der Waals surface area contributed by atoms with Crippen molar-refractivity contribution < 1.29 is 129 Å². The quantitative estimate of drug-likeness (QED) is 0.0204. The minimum absolute atomic E-state index is 0.000333. The first kappa shape index (κ1) is 122. The van der Waals surface area contributed by atoms with Crippen molar-refractivity contribution in [3.63, 3.8) is 0 Å². The van der Waals surface area contributed by atoms with Gasteiger partial charge in [-0.15, -0.1) is 0 Å². The third-order valence-electron chi connectivity index (χ3n) is 29.8. The molecule has 30 heteroatoms. The zero-order chi connectivity index (χ0) is 104. The molecule has 3 aromatic rings. The summed E-state index contributed by atoms with van der Waals surface area (Å²) in [5, 5.41) is 17.0. The molecule has 0 aromatic heterocycles. The molecule has 4 fully saturated rings. The average molecular weight is 2010 g/mol. The fourth-order valence-corrected chi connectivity index (χ4v) is 19.5. The number of nitrogens with zero attached hydrogens (tertiary/aromatic N) is 1. The van der Waals surface area contributed by atoms with E-state index in [-0.39, 0.29) is 235 Å². The maximum absolute atomic E-state index is 14.5. The van der Waals surface area contributed by atoms with Crippen LogP contribution in [-0.4, -0.2) is 244 Å². The Morgan fingerprint density at radius 2 is 0.685 bits per heavy atom. The maximum Gasteiger partial charge on any atom is 0.302 e. The molecule has 4 aliphatic heterocycles. The summed E-state index contributed by atoms with van der Waals surface area (Å²) in [6.45, 7) is 26.1. The SMILES string of the molecule is COc1ccc(C(OC[C@@H]2C[C@@H](O)CN2C(=O)CCCCCCCCCCC(=O)CC(COCCC(=O)CCCCCC(=O)CCCCOC2OC(COC(C)=O)C(C)C(C)C2C)(COCCC(=O)CCCCCC(=O)CCCCOC2OC(COC(C)=O)C(C)C(C)C2C)COCCC(=O)NCCCNC(=O)CCCCOC2OC(COC(C)=O)C(C)C(C)C2C)(c2ccccc2)c2ccc(OC)cc2)cc1. The summed E-state index contributed by atoms with van der Waals surface area (Å²) >= 11 is 0. The molecule has 4 saturated heterocycles. The van der Waals surface area contributed by atoms with E-state index >= 15 is 0 Å². The molecule has 0 spiro atoms. The van der Waals surface area contributed by atoms with Crippen LogP contribution >= 0.6 is 0 Å². The summed E-state index contributed by atoms with van der Waals surface area (Å²) in [6, 6.07) is 25.2. The number of aliphatic hydroxyl groups is 1. The Morgan fingerprint density at radius 3 is 1.07 bits per heavy atom. The van der Waals surface area contributed by atoms with Gasteiger partial charge in [0.2, 0.25) is 17.7 Å². The number of carbonyl (C=O) groups excluding carboxylic acids is 11. The second-order valence-electron chi connectivity index (χ2n) is 40.9. The van der Waals surface area contributed by atoms with E-state index in [0.29, 0.717) is 210 Å². The fourth-order valence-electron chi connectivity index (χ4n) is 19.5. The number of likely N-dealkylation sites (tertiary alicyclic amines) is 1. The van der Waals surface area contributed by atoms with E-state index in [1.165, 1.54) is 20.8 Å². The predicted octanol–water partition coefficient (Wildman–Crippen LogP) is 18.0. The number of hydrogen-bond acceptors (Lipinski definition) is 27. The van der Waals surface area contributed by atoms with E-state index in [2.05, 4.69) is 72.9 Å². The highest BCUT2D eigenvalue weighted by Gasteiger charge is 2.46. The van der Waals surface area contributed by atoms with Crippen LogP contribution in [0.1, 0.15) is 325 Å². The monoisotopic (exact) mass is 2010 g/mol. The molecule has 0 saturated carbocycles. The highest BCUT2D eigenvalue weighted by molar-refractivity contribution is 5.81. The van der Waals surface area contributed by atoms with Gasteiger partial charge in [-0.1, -0.05) is 168 Å². The van der Waals surface area contributed by atoms with E-state index in [4.69, 9.17) is 71.1 Å². The van der Waals surface area contributed by atoms with Crippen LogP contribution in [0.25, 0.3) is 0 Å². The molecule has 17 atom stereocenters. The molecule has 4 heterocycles. The number of amides is 3. The average Bonchev–Trinajstić information content (AvgIpc) is 1.54. The van der Waals surface area contributed by atoms with Gasteiger partial charge in [0.05, 0.1) is 90.9 Å². The number of unbranched alkanes of at least 4 members (excludes halogenated alkanes) is 14. The number of ketones is 5. The van der Waals surface area contributed by atoms with Crippen LogP contribution in [0.5, 0.6) is 11.5 Å². The highest BCUT2D eigenvalue weighted by atomic mass is 16.7. The Kier molecular flexibility index (Phi) is 57.8. The summed E-state index contributed by atoms with van der Waals surface area (Å²) in [4.78, 5) is 144. The number of β-amino-alcohol motifs (C(OH)–C–C–N with tert-alkyl or cyclic N) is 1. The maximum atomic E-state index is 14.5. The lowest BCUT2D eigenvalue weighted by Crippen LogP contribution is -2.47. The number of esters is 3. The van der Waals surface area contributed by atoms with E-state index in [9.17, 15) is 57.8 Å². The summed E-state index contributed by atoms with van der Waals surface area (Å²) in [5.41, 5.74) is 0.466. The Bertz CT molecular complexity index is 3900. The minimum Gasteiger partial charge on any atom is -0.497 e. The molecular formula is C113H177N3O27. The summed E-state index contributed by atoms with van der Waals surface area (Å²) in [6.07, 6.45) is 16.2. The second-order valence-corrected chi connectivity index (χ2v) is 40.9. The van der Waals surface area contributed by atoms with Gasteiger partial charge in [-0.05, 0) is 166 Å². The van der Waals surface area contributed by atoms with Crippen molar-refractivity contribution in [2.24, 2.45) is 58.7 Å². The summed E-state index contributed by atoms with van der Waals surface area (Å²) < 4.78 is 90.3. The van der Waals surface area contributed by atoms with Crippen molar-refractivity contribution in [3.05, 3.63) is 95.6 Å². The number of nitrogens with one attached hydrogen (secondary N) is 2. The van der Waals surface area contributed by atoms with Gasteiger partial charge < -0.3 is 91.7 Å². The van der Waals surface area contributed by atoms with Gasteiger partial charge in [-0.3, -0.25) is 52.7 Å². The number of methoxy groups -OCH3 is 2. The number of hydrogen-bond donors (Lipinski definition) is 3. The van der Waals surface area contributed by atoms with Crippen LogP contribution in [0.4, 0.5) is 0 Å². The third kappa shape index (κ3) is 44.5. The van der Waals surface area contributed by atoms with Crippen molar-refractivity contribution in [2.75, 3.05) is 120 Å². The molecule has 7 rings (SSSR count). The zero-order valence-electron chi connectivity index (χ0n) is 88.9. The molecule has 0 radical (unpaired) electrons. The van der Waals surface area contributed by atoms with Gasteiger partial charge in [0.1, 0.15) is 65.8 Å². The van der Waals surface area contributed by atoms with Gasteiger partial charge >= 0.3 is 17.9 Å². The second kappa shape index (κ2) is 67.8. The zero-order valence-corrected chi connectivity index (χ0v) is 88.9. The number of carbonyl (C=O) groups is 11. The first-order valence-electron chi connectivity index (χ1n) is 53.8. The van der Waals surface area contributed by atoms with Gasteiger partial charge in [-0.25, -0.2) is 0 Å². The molecule has 3 amide bonds. The Hall–Kier alpha value is -8.01. The van der Waals surface area contributed by atoms with Crippen LogP contribution in [0, 0.1) is 58.7 Å². The molecule has 3 aromatic carbocycles. The predicted molar refractivity (Wildman–Crippen MR) is 544 cm³/mol. The highest BCUT2D eigenvalue weighted by Crippen LogP contribution is 2.44. The summed E-state index contributed by atoms with van der Waals surface area (Å²) in [5.74, 6) is 2.10. The lowest BCUT2D eigenvalue weighted by Gasteiger charge is -2.43. The van der Waals surface area contributed by atoms with Crippen molar-refractivity contribution in [1.82, 2.24) is 15.5 Å². The largest absolute Gasteiger partial charge is 0.497 e. The van der Waals surface area contributed by atoms with Crippen LogP contribution in [-0.2, 0) is 120 Å². The van der Waals surface area contributed by atoms with Crippen molar-refractivity contribution in [3.8, 4) is 11.5 Å². The van der Waals surface area contributed by atoms with E-state index < -0.39 is 36.0 Å². The molecule has 143 heavy (non-hydrogen) atoms. The molecule has 4 aliphatic rings. The lowest BCUT2D eigenvalue weighted by molar-refractivity contribution is -0.255. The van der Waals surface area contributed by atoms with Crippen LogP contribution in [0.15, 0.2) is 78.9 Å². The number of aliphatic hydroxyl groups excluding tert-OH is 1. The topological polar surface area (TPSA) is 374 Å². The number of benzene rings is 3. The fraction of sp³-hybridized carbons (Fsp3) is 0.743. The standard InChI is InChI=1S/C113H177N3O27/c1-79-82(4)103(73-137-88(10)117)141-109(85(79)7)134-63-35-32-45-95(120)41-27-22-29-43-97(122)58-66-131-76-112(77-132-67-59-98(123)44-30-23-28-42-96(121)46-33-36-64-135-110-86(8)80(2)83(5)104(142-110)74-138-89(11)118,78-133-68-60-107(127)115-62-38-61-114-106(126)48-34-37-65-136-111-87(9)81(3)84(6)105(143-111)75-139-90(12)119)70-99(124)47-26-19-17-15-16-18-20-31-49-108(128)116-71-100(125)69-94(116)72-140-113(91-39-24-21-25-40-91,92-50-54-101(129-13)55-51-92)93-52-56-102(130-14)57-53-93/h21,24-25,39-40,50-57,79-87,94,100,103-105,109-111,125H,15-20,22-23,26-38,41-49,58-78H2,1-14H3,(H,114,126)(H,115,127)/t79?,80?,81?,82?,83?,84?,85?,86?,87?,94-,100+,103?,104?,105?,109?,110?,111?,112?/m0/s1. The lowest BCUT2D eigenvalue weighted by atomic mass is 9.79. The van der Waals surface area contributed by atoms with E-state index in [1.54, 1.807) is 19.1 Å². The van der Waals surface area contributed by atoms with Gasteiger partial charge in [0, 0.05) is 167 Å². The van der Waals surface area contributed by atoms with Gasteiger partial charge in [-0.2, -0.15) is 0 Å². The van der Waals surface area contributed by atoms with Gasteiger partial charge in [0.25, 0.3) is 0 Å².